The van der Waals surface area contributed by atoms with Crippen LogP contribution in [0, 0.1) is 6.92 Å². The van der Waals surface area contributed by atoms with Gasteiger partial charge in [-0.2, -0.15) is 0 Å². The minimum atomic E-state index is -2.52. The monoisotopic (exact) mass is 264 g/mol. The number of ether oxygens (including phenoxy) is 1. The molecule has 0 amide bonds. The fourth-order valence-electron chi connectivity index (χ4n) is 1.78. The molecule has 0 fully saturated rings. The molecule has 0 aliphatic heterocycles. The van der Waals surface area contributed by atoms with Gasteiger partial charge in [0.15, 0.2) is 0 Å². The SMILES string of the molecule is Cc1ccncc1-c1ccc(N)cc1OCC(F)F. The zero-order chi connectivity index (χ0) is 13.8. The van der Waals surface area contributed by atoms with Gasteiger partial charge >= 0.3 is 0 Å². The van der Waals surface area contributed by atoms with Crippen molar-refractivity contribution < 1.29 is 13.5 Å². The van der Waals surface area contributed by atoms with Gasteiger partial charge in [0.2, 0.25) is 0 Å². The van der Waals surface area contributed by atoms with E-state index in [4.69, 9.17) is 10.5 Å². The van der Waals surface area contributed by atoms with Crippen LogP contribution in [0.25, 0.3) is 11.1 Å². The van der Waals surface area contributed by atoms with Crippen LogP contribution in [0.4, 0.5) is 14.5 Å². The highest BCUT2D eigenvalue weighted by Gasteiger charge is 2.11. The van der Waals surface area contributed by atoms with Crippen LogP contribution >= 0.6 is 0 Å². The van der Waals surface area contributed by atoms with Gasteiger partial charge in [-0.25, -0.2) is 8.78 Å². The van der Waals surface area contributed by atoms with Crippen molar-refractivity contribution in [1.82, 2.24) is 4.98 Å². The summed E-state index contributed by atoms with van der Waals surface area (Å²) in [5, 5.41) is 0. The number of pyridine rings is 1. The van der Waals surface area contributed by atoms with E-state index in [9.17, 15) is 8.78 Å². The fraction of sp³-hybridized carbons (Fsp3) is 0.214. The van der Waals surface area contributed by atoms with Crippen molar-refractivity contribution in [1.29, 1.82) is 0 Å². The minimum absolute atomic E-state index is 0.344. The average Bonchev–Trinajstić information content (AvgIpc) is 2.37. The van der Waals surface area contributed by atoms with Crippen LogP contribution < -0.4 is 10.5 Å². The Morgan fingerprint density at radius 2 is 2.05 bits per heavy atom. The van der Waals surface area contributed by atoms with Crippen LogP contribution in [0.2, 0.25) is 0 Å². The van der Waals surface area contributed by atoms with Crippen LogP contribution in [0.5, 0.6) is 5.75 Å². The molecule has 1 aromatic heterocycles. The number of alkyl halides is 2. The molecule has 0 atom stereocenters. The largest absolute Gasteiger partial charge is 0.487 e. The van der Waals surface area contributed by atoms with Crippen molar-refractivity contribution in [2.24, 2.45) is 0 Å². The second kappa shape index (κ2) is 5.65. The molecule has 0 saturated carbocycles. The normalized spacial score (nSPS) is 10.7. The molecule has 5 heteroatoms. The first-order valence-electron chi connectivity index (χ1n) is 5.79. The number of hydrogen-bond acceptors (Lipinski definition) is 3. The van der Waals surface area contributed by atoms with E-state index in [-0.39, 0.29) is 0 Å². The molecule has 1 aromatic carbocycles. The van der Waals surface area contributed by atoms with Gasteiger partial charge < -0.3 is 10.5 Å². The maximum atomic E-state index is 12.3. The quantitative estimate of drug-likeness (QED) is 0.862. The Bertz CT molecular complexity index is 573. The van der Waals surface area contributed by atoms with Gasteiger partial charge in [-0.05, 0) is 30.7 Å². The number of nitrogens with two attached hydrogens (primary N) is 1. The highest BCUT2D eigenvalue weighted by Crippen LogP contribution is 2.33. The van der Waals surface area contributed by atoms with Gasteiger partial charge in [0.05, 0.1) is 0 Å². The second-order valence-corrected chi connectivity index (χ2v) is 4.15. The van der Waals surface area contributed by atoms with Crippen LogP contribution in [-0.4, -0.2) is 18.0 Å². The van der Waals surface area contributed by atoms with E-state index in [0.717, 1.165) is 11.1 Å². The van der Waals surface area contributed by atoms with Crippen LogP contribution in [-0.2, 0) is 0 Å². The summed E-state index contributed by atoms with van der Waals surface area (Å²) in [5.41, 5.74) is 8.67. The molecule has 0 spiro atoms. The van der Waals surface area contributed by atoms with E-state index in [1.807, 2.05) is 13.0 Å². The number of anilines is 1. The Hall–Kier alpha value is -2.17. The van der Waals surface area contributed by atoms with Crippen molar-refractivity contribution in [2.75, 3.05) is 12.3 Å². The van der Waals surface area contributed by atoms with E-state index in [1.54, 1.807) is 30.6 Å². The number of aromatic nitrogens is 1. The Morgan fingerprint density at radius 1 is 1.26 bits per heavy atom. The van der Waals surface area contributed by atoms with Crippen LogP contribution in [0.1, 0.15) is 5.56 Å². The van der Waals surface area contributed by atoms with Gasteiger partial charge in [0, 0.05) is 35.3 Å². The van der Waals surface area contributed by atoms with E-state index >= 15 is 0 Å². The third-order valence-electron chi connectivity index (χ3n) is 2.70. The molecule has 0 bridgehead atoms. The molecule has 100 valence electrons. The van der Waals surface area contributed by atoms with Crippen molar-refractivity contribution in [2.45, 2.75) is 13.3 Å². The van der Waals surface area contributed by atoms with Gasteiger partial charge in [-0.1, -0.05) is 0 Å². The average molecular weight is 264 g/mol. The van der Waals surface area contributed by atoms with Crippen LogP contribution in [0.15, 0.2) is 36.7 Å². The Kier molecular flexibility index (Phi) is 3.94. The van der Waals surface area contributed by atoms with Gasteiger partial charge in [-0.15, -0.1) is 0 Å². The van der Waals surface area contributed by atoms with Crippen molar-refractivity contribution >= 4 is 5.69 Å². The smallest absolute Gasteiger partial charge is 0.272 e. The second-order valence-electron chi connectivity index (χ2n) is 4.15. The lowest BCUT2D eigenvalue weighted by Gasteiger charge is -2.13. The first kappa shape index (κ1) is 13.3. The van der Waals surface area contributed by atoms with Crippen molar-refractivity contribution in [3.05, 3.63) is 42.2 Å². The number of aryl methyl sites for hydroxylation is 1. The van der Waals surface area contributed by atoms with E-state index in [1.165, 1.54) is 0 Å². The van der Waals surface area contributed by atoms with Crippen molar-refractivity contribution in [3.8, 4) is 16.9 Å². The number of nitrogens with zero attached hydrogens (tertiary/aromatic N) is 1. The summed E-state index contributed by atoms with van der Waals surface area (Å²) >= 11 is 0. The third kappa shape index (κ3) is 3.19. The van der Waals surface area contributed by atoms with Crippen molar-refractivity contribution in [3.63, 3.8) is 0 Å². The highest BCUT2D eigenvalue weighted by atomic mass is 19.3. The first-order valence-corrected chi connectivity index (χ1v) is 5.79. The summed E-state index contributed by atoms with van der Waals surface area (Å²) < 4.78 is 29.7. The molecule has 0 saturated heterocycles. The number of rotatable bonds is 4. The molecule has 19 heavy (non-hydrogen) atoms. The molecule has 0 radical (unpaired) electrons. The Labute approximate surface area is 110 Å². The number of benzene rings is 1. The molecule has 2 rings (SSSR count). The van der Waals surface area contributed by atoms with E-state index in [2.05, 4.69) is 4.98 Å². The summed E-state index contributed by atoms with van der Waals surface area (Å²) in [7, 11) is 0. The molecule has 2 aromatic rings. The Balaban J connectivity index is 2.42. The molecule has 0 aliphatic carbocycles. The molecule has 1 heterocycles. The van der Waals surface area contributed by atoms with Gasteiger partial charge in [-0.3, -0.25) is 4.98 Å². The highest BCUT2D eigenvalue weighted by molar-refractivity contribution is 5.74. The number of nitrogen functional groups attached to an aromatic ring is 1. The molecule has 0 unspecified atom stereocenters. The number of halogens is 2. The zero-order valence-corrected chi connectivity index (χ0v) is 10.4. The van der Waals surface area contributed by atoms with Crippen LogP contribution in [0.3, 0.4) is 0 Å². The van der Waals surface area contributed by atoms with E-state index < -0.39 is 13.0 Å². The summed E-state index contributed by atoms with van der Waals surface area (Å²) in [6, 6.07) is 6.85. The lowest BCUT2D eigenvalue weighted by Crippen LogP contribution is -2.08. The molecule has 3 nitrogen and oxygen atoms in total. The molecular weight excluding hydrogens is 250 g/mol. The third-order valence-corrected chi connectivity index (χ3v) is 2.70. The summed E-state index contributed by atoms with van der Waals surface area (Å²) in [4.78, 5) is 4.05. The first-order chi connectivity index (χ1) is 9.08. The van der Waals surface area contributed by atoms with E-state index in [0.29, 0.717) is 17.0 Å². The lowest BCUT2D eigenvalue weighted by molar-refractivity contribution is 0.0822. The van der Waals surface area contributed by atoms with Gasteiger partial charge in [0.1, 0.15) is 12.4 Å². The maximum absolute atomic E-state index is 12.3. The predicted octanol–water partition coefficient (Wildman–Crippen LogP) is 3.28. The Morgan fingerprint density at radius 3 is 2.74 bits per heavy atom. The van der Waals surface area contributed by atoms with Gasteiger partial charge in [0.25, 0.3) is 6.43 Å². The predicted molar refractivity (Wildman–Crippen MR) is 70.3 cm³/mol. The topological polar surface area (TPSA) is 48.1 Å². The standard InChI is InChI=1S/C14H14F2N2O/c1-9-4-5-18-7-12(9)11-3-2-10(17)6-13(11)19-8-14(15)16/h2-7,14H,8,17H2,1H3. The molecular formula is C14H14F2N2O. The molecule has 0 aliphatic rings. The minimum Gasteiger partial charge on any atom is -0.487 e. The summed E-state index contributed by atoms with van der Waals surface area (Å²) in [5.74, 6) is 0.344. The summed E-state index contributed by atoms with van der Waals surface area (Å²) in [6.07, 6.45) is 0.829. The maximum Gasteiger partial charge on any atom is 0.272 e. The fourth-order valence-corrected chi connectivity index (χ4v) is 1.78. The lowest BCUT2D eigenvalue weighted by atomic mass is 10.0. The zero-order valence-electron chi connectivity index (χ0n) is 10.4. The molecule has 2 N–H and O–H groups in total. The summed E-state index contributed by atoms with van der Waals surface area (Å²) in [6.45, 7) is 1.26. The number of hydrogen-bond donors (Lipinski definition) is 1.